The summed E-state index contributed by atoms with van der Waals surface area (Å²) in [5.41, 5.74) is 1.15. The summed E-state index contributed by atoms with van der Waals surface area (Å²) in [5, 5.41) is 2.39. The summed E-state index contributed by atoms with van der Waals surface area (Å²) < 4.78 is 65.3. The zero-order chi connectivity index (χ0) is 30.1. The minimum atomic E-state index is -2.97. The molecule has 224 valence electrons. The summed E-state index contributed by atoms with van der Waals surface area (Å²) in [7, 11) is -1.50. The third kappa shape index (κ3) is 6.12. The van der Waals surface area contributed by atoms with Crippen LogP contribution >= 0.6 is 0 Å². The van der Waals surface area contributed by atoms with Crippen LogP contribution in [0.5, 0.6) is 0 Å². The summed E-state index contributed by atoms with van der Waals surface area (Å²) in [6, 6.07) is 26.2. The van der Waals surface area contributed by atoms with Gasteiger partial charge in [-0.2, -0.15) is 0 Å². The predicted octanol–water partition coefficient (Wildman–Crippen LogP) is 5.63. The standard InChI is InChI=1S/C33H32F2O7Si/c1-37-33-30(42-43(2,3)24-15-16-25(34)26(35)18-24)29(40-31(36)23-14-13-20-9-7-8-12-22(20)17-23)28-27(39-33)19-38-32(41-28)21-10-5-4-6-11-21/h4-18,27-30,32-33H,19H2,1-3H3/t27-,28-,29+,30-,32-,33+/m1/s1. The van der Waals surface area contributed by atoms with Crippen LogP contribution in [0.4, 0.5) is 8.78 Å². The molecule has 0 bridgehead atoms. The molecule has 2 saturated heterocycles. The number of hydrogen-bond donors (Lipinski definition) is 0. The first-order valence-corrected chi connectivity index (χ1v) is 17.0. The number of carbonyl (C=O) groups is 1. The molecule has 2 aliphatic rings. The highest BCUT2D eigenvalue weighted by Gasteiger charge is 2.54. The zero-order valence-corrected chi connectivity index (χ0v) is 24.9. The second-order valence-corrected chi connectivity index (χ2v) is 14.9. The van der Waals surface area contributed by atoms with Gasteiger partial charge in [0.25, 0.3) is 0 Å². The predicted molar refractivity (Wildman–Crippen MR) is 157 cm³/mol. The lowest BCUT2D eigenvalue weighted by atomic mass is 9.97. The van der Waals surface area contributed by atoms with Gasteiger partial charge in [-0.15, -0.1) is 0 Å². The van der Waals surface area contributed by atoms with Crippen LogP contribution in [0.15, 0.2) is 91.0 Å². The fraction of sp³-hybridized carbons (Fsp3) is 0.303. The summed E-state index contributed by atoms with van der Waals surface area (Å²) in [5.74, 6) is -2.49. The summed E-state index contributed by atoms with van der Waals surface area (Å²) >= 11 is 0. The van der Waals surface area contributed by atoms with Crippen LogP contribution in [0, 0.1) is 11.6 Å². The van der Waals surface area contributed by atoms with Crippen molar-refractivity contribution in [3.05, 3.63) is 114 Å². The average Bonchev–Trinajstić information content (AvgIpc) is 3.03. The molecule has 2 heterocycles. The molecule has 0 unspecified atom stereocenters. The van der Waals surface area contributed by atoms with Crippen molar-refractivity contribution >= 4 is 30.2 Å². The molecule has 0 aromatic heterocycles. The smallest absolute Gasteiger partial charge is 0.338 e. The zero-order valence-electron chi connectivity index (χ0n) is 23.9. The average molecular weight is 607 g/mol. The molecule has 4 aromatic rings. The van der Waals surface area contributed by atoms with Gasteiger partial charge in [0.05, 0.1) is 12.2 Å². The van der Waals surface area contributed by atoms with Crippen molar-refractivity contribution in [3.8, 4) is 0 Å². The molecule has 10 heteroatoms. The van der Waals surface area contributed by atoms with Crippen molar-refractivity contribution in [2.24, 2.45) is 0 Å². The first-order chi connectivity index (χ1) is 20.7. The van der Waals surface area contributed by atoms with Gasteiger partial charge in [-0.3, -0.25) is 0 Å². The molecule has 7 nitrogen and oxygen atoms in total. The maximum atomic E-state index is 14.2. The Bertz CT molecular complexity index is 1600. The molecule has 0 N–H and O–H groups in total. The molecular formula is C33H32F2O7Si. The normalized spacial score (nSPS) is 25.7. The second-order valence-electron chi connectivity index (χ2n) is 11.1. The fourth-order valence-electron chi connectivity index (χ4n) is 5.56. The van der Waals surface area contributed by atoms with Crippen LogP contribution < -0.4 is 5.19 Å². The van der Waals surface area contributed by atoms with Gasteiger partial charge in [0, 0.05) is 12.7 Å². The number of halogens is 2. The SMILES string of the molecule is CO[C@H]1O[C@@H]2CO[C@@H](c3ccccc3)O[C@H]2[C@H](OC(=O)c2ccc3ccccc3c2)[C@H]1O[Si](C)(C)c1ccc(F)c(F)c1. The monoisotopic (exact) mass is 606 g/mol. The molecule has 6 atom stereocenters. The maximum Gasteiger partial charge on any atom is 0.338 e. The first kappa shape index (κ1) is 29.6. The topological polar surface area (TPSA) is 72.5 Å². The van der Waals surface area contributed by atoms with Gasteiger partial charge in [-0.1, -0.05) is 66.7 Å². The molecule has 2 fully saturated rings. The molecule has 0 radical (unpaired) electrons. The lowest BCUT2D eigenvalue weighted by Gasteiger charge is -2.49. The van der Waals surface area contributed by atoms with E-state index in [0.29, 0.717) is 10.8 Å². The summed E-state index contributed by atoms with van der Waals surface area (Å²) in [6.07, 6.45) is -5.06. The number of hydrogen-bond acceptors (Lipinski definition) is 7. The van der Waals surface area contributed by atoms with Gasteiger partial charge >= 0.3 is 5.97 Å². The van der Waals surface area contributed by atoms with Crippen molar-refractivity contribution in [2.75, 3.05) is 13.7 Å². The molecule has 4 aromatic carbocycles. The van der Waals surface area contributed by atoms with Crippen molar-refractivity contribution in [3.63, 3.8) is 0 Å². The Morgan fingerprint density at radius 2 is 1.58 bits per heavy atom. The second kappa shape index (κ2) is 12.2. The minimum Gasteiger partial charge on any atom is -0.453 e. The maximum absolute atomic E-state index is 14.2. The highest BCUT2D eigenvalue weighted by Crippen LogP contribution is 2.38. The van der Waals surface area contributed by atoms with Crippen molar-refractivity contribution in [1.82, 2.24) is 0 Å². The van der Waals surface area contributed by atoms with Gasteiger partial charge in [0.15, 0.2) is 30.3 Å². The van der Waals surface area contributed by atoms with E-state index in [-0.39, 0.29) is 6.61 Å². The molecule has 2 aliphatic heterocycles. The molecule has 0 spiro atoms. The number of esters is 1. The van der Waals surface area contributed by atoms with Crippen LogP contribution in [0.25, 0.3) is 10.8 Å². The van der Waals surface area contributed by atoms with E-state index in [1.54, 1.807) is 12.1 Å². The lowest BCUT2D eigenvalue weighted by molar-refractivity contribution is -0.354. The van der Waals surface area contributed by atoms with E-state index >= 15 is 0 Å². The Hall–Kier alpha value is -3.51. The molecule has 43 heavy (non-hydrogen) atoms. The Labute approximate surface area is 249 Å². The number of ether oxygens (including phenoxy) is 5. The number of carbonyl (C=O) groups excluding carboxylic acids is 1. The molecule has 0 amide bonds. The quantitative estimate of drug-likeness (QED) is 0.200. The summed E-state index contributed by atoms with van der Waals surface area (Å²) in [6.45, 7) is 3.85. The van der Waals surface area contributed by atoms with E-state index in [9.17, 15) is 13.6 Å². The van der Waals surface area contributed by atoms with Crippen LogP contribution in [0.2, 0.25) is 13.1 Å². The van der Waals surface area contributed by atoms with Crippen LogP contribution in [0.3, 0.4) is 0 Å². The molecule has 0 saturated carbocycles. The third-order valence-corrected chi connectivity index (χ3v) is 10.4. The van der Waals surface area contributed by atoms with Crippen LogP contribution in [-0.4, -0.2) is 58.7 Å². The highest BCUT2D eigenvalue weighted by atomic mass is 28.4. The highest BCUT2D eigenvalue weighted by molar-refractivity contribution is 6.84. The molecular weight excluding hydrogens is 574 g/mol. The number of rotatable bonds is 7. The van der Waals surface area contributed by atoms with Crippen LogP contribution in [0.1, 0.15) is 22.2 Å². The van der Waals surface area contributed by atoms with E-state index in [1.165, 1.54) is 13.2 Å². The van der Waals surface area contributed by atoms with Crippen molar-refractivity contribution in [1.29, 1.82) is 0 Å². The van der Waals surface area contributed by atoms with E-state index < -0.39 is 62.9 Å². The number of methoxy groups -OCH3 is 1. The van der Waals surface area contributed by atoms with Crippen molar-refractivity contribution < 1.29 is 41.7 Å². The number of fused-ring (bicyclic) bond motifs is 2. The van der Waals surface area contributed by atoms with Gasteiger partial charge < -0.3 is 28.1 Å². The van der Waals surface area contributed by atoms with Crippen LogP contribution in [-0.2, 0) is 28.1 Å². The van der Waals surface area contributed by atoms with E-state index in [0.717, 1.165) is 28.5 Å². The molecule has 0 aliphatic carbocycles. The van der Waals surface area contributed by atoms with Gasteiger partial charge in [-0.25, -0.2) is 13.6 Å². The summed E-state index contributed by atoms with van der Waals surface area (Å²) in [4.78, 5) is 13.7. The third-order valence-electron chi connectivity index (χ3n) is 7.86. The minimum absolute atomic E-state index is 0.158. The number of benzene rings is 4. The Morgan fingerprint density at radius 1 is 0.837 bits per heavy atom. The Balaban J connectivity index is 1.35. The van der Waals surface area contributed by atoms with E-state index in [4.69, 9.17) is 28.1 Å². The van der Waals surface area contributed by atoms with Gasteiger partial charge in [0.2, 0.25) is 8.32 Å². The lowest BCUT2D eigenvalue weighted by Crippen LogP contribution is -2.66. The van der Waals surface area contributed by atoms with Gasteiger partial charge in [0.1, 0.15) is 18.3 Å². The Morgan fingerprint density at radius 3 is 2.33 bits per heavy atom. The van der Waals surface area contributed by atoms with E-state index in [2.05, 4.69) is 0 Å². The Kier molecular flexibility index (Phi) is 8.41. The fourth-order valence-corrected chi connectivity index (χ4v) is 7.58. The van der Waals surface area contributed by atoms with Crippen molar-refractivity contribution in [2.45, 2.75) is 50.1 Å². The molecule has 6 rings (SSSR count). The first-order valence-electron chi connectivity index (χ1n) is 14.1. The van der Waals surface area contributed by atoms with E-state index in [1.807, 2.05) is 73.8 Å². The largest absolute Gasteiger partial charge is 0.453 e. The van der Waals surface area contributed by atoms with Gasteiger partial charge in [-0.05, 0) is 53.3 Å².